The number of hydrogen-bond donors (Lipinski definition) is 1. The van der Waals surface area contributed by atoms with Crippen LogP contribution >= 0.6 is 0 Å². The van der Waals surface area contributed by atoms with Crippen molar-refractivity contribution in [2.75, 3.05) is 7.11 Å². The third-order valence-corrected chi connectivity index (χ3v) is 2.39. The number of carbonyl (C=O) groups excluding carboxylic acids is 1. The number of rotatable bonds is 6. The van der Waals surface area contributed by atoms with Gasteiger partial charge in [0.05, 0.1) is 19.3 Å². The minimum atomic E-state index is -0.301. The smallest absolute Gasteiger partial charge is 0.322 e. The van der Waals surface area contributed by atoms with E-state index >= 15 is 0 Å². The number of methoxy groups -OCH3 is 1. The molecule has 0 radical (unpaired) electrons. The molecule has 5 heteroatoms. The molecule has 1 heterocycles. The molecule has 17 heavy (non-hydrogen) atoms. The SMILES string of the molecule is COC(=O)C(CC(C)C)NCc1cc(C)no1. The largest absolute Gasteiger partial charge is 0.468 e. The average Bonchev–Trinajstić information content (AvgIpc) is 2.68. The predicted molar refractivity (Wildman–Crippen MR) is 63.3 cm³/mol. The number of hydrogen-bond acceptors (Lipinski definition) is 5. The van der Waals surface area contributed by atoms with Gasteiger partial charge in [0.25, 0.3) is 0 Å². The number of nitrogens with one attached hydrogen (secondary N) is 1. The van der Waals surface area contributed by atoms with E-state index < -0.39 is 0 Å². The molecule has 1 N–H and O–H groups in total. The summed E-state index contributed by atoms with van der Waals surface area (Å²) in [6.45, 7) is 6.47. The van der Waals surface area contributed by atoms with Gasteiger partial charge in [0.15, 0.2) is 5.76 Å². The van der Waals surface area contributed by atoms with Crippen molar-refractivity contribution in [2.24, 2.45) is 5.92 Å². The zero-order valence-corrected chi connectivity index (χ0v) is 10.8. The van der Waals surface area contributed by atoms with E-state index in [1.54, 1.807) is 0 Å². The molecule has 1 aromatic heterocycles. The molecule has 0 aliphatic heterocycles. The van der Waals surface area contributed by atoms with Gasteiger partial charge < -0.3 is 9.26 Å². The van der Waals surface area contributed by atoms with Crippen molar-refractivity contribution in [1.29, 1.82) is 0 Å². The van der Waals surface area contributed by atoms with Crippen molar-refractivity contribution < 1.29 is 14.1 Å². The van der Waals surface area contributed by atoms with Gasteiger partial charge in [-0.1, -0.05) is 19.0 Å². The fourth-order valence-electron chi connectivity index (χ4n) is 1.60. The van der Waals surface area contributed by atoms with Gasteiger partial charge in [-0.25, -0.2) is 0 Å². The van der Waals surface area contributed by atoms with Crippen LogP contribution < -0.4 is 5.32 Å². The topological polar surface area (TPSA) is 64.4 Å². The van der Waals surface area contributed by atoms with Gasteiger partial charge in [0, 0.05) is 6.07 Å². The van der Waals surface area contributed by atoms with Crippen LogP contribution in [0.15, 0.2) is 10.6 Å². The van der Waals surface area contributed by atoms with Crippen LogP contribution in [-0.2, 0) is 16.1 Å². The normalized spacial score (nSPS) is 12.8. The Kier molecular flexibility index (Phi) is 5.15. The lowest BCUT2D eigenvalue weighted by Gasteiger charge is -2.17. The summed E-state index contributed by atoms with van der Waals surface area (Å²) in [6.07, 6.45) is 0.736. The fourth-order valence-corrected chi connectivity index (χ4v) is 1.60. The Morgan fingerprint density at radius 2 is 2.29 bits per heavy atom. The Hall–Kier alpha value is -1.36. The van der Waals surface area contributed by atoms with Gasteiger partial charge in [0.2, 0.25) is 0 Å². The summed E-state index contributed by atoms with van der Waals surface area (Å²) < 4.78 is 9.83. The van der Waals surface area contributed by atoms with Gasteiger partial charge in [0.1, 0.15) is 6.04 Å². The number of aryl methyl sites for hydroxylation is 1. The number of ether oxygens (including phenoxy) is 1. The lowest BCUT2D eigenvalue weighted by Crippen LogP contribution is -2.38. The molecule has 0 aliphatic carbocycles. The van der Waals surface area contributed by atoms with E-state index in [9.17, 15) is 4.79 Å². The maximum Gasteiger partial charge on any atom is 0.322 e. The first-order valence-electron chi connectivity index (χ1n) is 5.76. The lowest BCUT2D eigenvalue weighted by molar-refractivity contribution is -0.143. The molecule has 5 nitrogen and oxygen atoms in total. The van der Waals surface area contributed by atoms with Gasteiger partial charge >= 0.3 is 5.97 Å². The van der Waals surface area contributed by atoms with Crippen molar-refractivity contribution >= 4 is 5.97 Å². The summed E-state index contributed by atoms with van der Waals surface area (Å²) in [5.41, 5.74) is 0.834. The van der Waals surface area contributed by atoms with Crippen molar-refractivity contribution in [2.45, 2.75) is 39.8 Å². The number of esters is 1. The maximum absolute atomic E-state index is 11.5. The quantitative estimate of drug-likeness (QED) is 0.766. The van der Waals surface area contributed by atoms with E-state index in [4.69, 9.17) is 9.26 Å². The zero-order chi connectivity index (χ0) is 12.8. The second-order valence-electron chi connectivity index (χ2n) is 4.52. The van der Waals surface area contributed by atoms with Gasteiger partial charge in [-0.15, -0.1) is 0 Å². The van der Waals surface area contributed by atoms with Gasteiger partial charge in [-0.2, -0.15) is 0 Å². The van der Waals surface area contributed by atoms with Crippen LogP contribution in [0.5, 0.6) is 0 Å². The van der Waals surface area contributed by atoms with Gasteiger partial charge in [-0.05, 0) is 19.3 Å². The van der Waals surface area contributed by atoms with E-state index in [-0.39, 0.29) is 12.0 Å². The number of nitrogens with zero attached hydrogens (tertiary/aromatic N) is 1. The third kappa shape index (κ3) is 4.56. The molecule has 0 spiro atoms. The number of aromatic nitrogens is 1. The summed E-state index contributed by atoms with van der Waals surface area (Å²) in [5.74, 6) is 0.901. The lowest BCUT2D eigenvalue weighted by atomic mass is 10.0. The first kappa shape index (κ1) is 13.7. The second kappa shape index (κ2) is 6.39. The van der Waals surface area contributed by atoms with Crippen LogP contribution in [0.4, 0.5) is 0 Å². The summed E-state index contributed by atoms with van der Waals surface area (Å²) in [7, 11) is 1.40. The maximum atomic E-state index is 11.5. The first-order valence-corrected chi connectivity index (χ1v) is 5.76. The third-order valence-electron chi connectivity index (χ3n) is 2.39. The Labute approximate surface area is 102 Å². The Bertz CT molecular complexity index is 360. The summed E-state index contributed by atoms with van der Waals surface area (Å²) >= 11 is 0. The highest BCUT2D eigenvalue weighted by Crippen LogP contribution is 2.08. The molecule has 0 aliphatic rings. The summed E-state index contributed by atoms with van der Waals surface area (Å²) in [5, 5.41) is 6.91. The standard InChI is InChI=1S/C12H20N2O3/c1-8(2)5-11(12(15)16-4)13-7-10-6-9(3)14-17-10/h6,8,11,13H,5,7H2,1-4H3. The molecule has 96 valence electrons. The molecule has 0 amide bonds. The Balaban J connectivity index is 2.51. The van der Waals surface area contributed by atoms with Crippen molar-refractivity contribution in [3.05, 3.63) is 17.5 Å². The minimum absolute atomic E-state index is 0.241. The molecule has 0 saturated heterocycles. The van der Waals surface area contributed by atoms with E-state index in [2.05, 4.69) is 24.3 Å². The van der Waals surface area contributed by atoms with Crippen molar-refractivity contribution in [1.82, 2.24) is 10.5 Å². The van der Waals surface area contributed by atoms with Crippen molar-refractivity contribution in [3.63, 3.8) is 0 Å². The zero-order valence-electron chi connectivity index (χ0n) is 10.8. The highest BCUT2D eigenvalue weighted by Gasteiger charge is 2.20. The predicted octanol–water partition coefficient (Wildman–Crippen LogP) is 1.66. The molecular weight excluding hydrogens is 220 g/mol. The molecule has 1 atom stereocenters. The molecule has 0 fully saturated rings. The van der Waals surface area contributed by atoms with Crippen LogP contribution in [0.2, 0.25) is 0 Å². The molecular formula is C12H20N2O3. The van der Waals surface area contributed by atoms with E-state index in [0.717, 1.165) is 17.9 Å². The Morgan fingerprint density at radius 1 is 1.59 bits per heavy atom. The van der Waals surface area contributed by atoms with Crippen LogP contribution in [0.1, 0.15) is 31.7 Å². The summed E-state index contributed by atoms with van der Waals surface area (Å²) in [6, 6.07) is 1.54. The average molecular weight is 240 g/mol. The van der Waals surface area contributed by atoms with E-state index in [1.807, 2.05) is 13.0 Å². The molecule has 1 aromatic rings. The van der Waals surface area contributed by atoms with Crippen LogP contribution in [0, 0.1) is 12.8 Å². The highest BCUT2D eigenvalue weighted by atomic mass is 16.5. The number of carbonyl (C=O) groups is 1. The van der Waals surface area contributed by atoms with Crippen molar-refractivity contribution in [3.8, 4) is 0 Å². The van der Waals surface area contributed by atoms with Crippen LogP contribution in [-0.4, -0.2) is 24.3 Å². The first-order chi connectivity index (χ1) is 8.02. The molecule has 1 unspecified atom stereocenters. The van der Waals surface area contributed by atoms with E-state index in [0.29, 0.717) is 12.5 Å². The fraction of sp³-hybridized carbons (Fsp3) is 0.667. The molecule has 0 saturated carbocycles. The van der Waals surface area contributed by atoms with Gasteiger partial charge in [-0.3, -0.25) is 10.1 Å². The van der Waals surface area contributed by atoms with Crippen LogP contribution in [0.25, 0.3) is 0 Å². The second-order valence-corrected chi connectivity index (χ2v) is 4.52. The summed E-state index contributed by atoms with van der Waals surface area (Å²) in [4.78, 5) is 11.5. The molecule has 0 bridgehead atoms. The monoisotopic (exact) mass is 240 g/mol. The van der Waals surface area contributed by atoms with Crippen LogP contribution in [0.3, 0.4) is 0 Å². The molecule has 0 aromatic carbocycles. The molecule has 1 rings (SSSR count). The Morgan fingerprint density at radius 3 is 2.76 bits per heavy atom. The minimum Gasteiger partial charge on any atom is -0.468 e. The van der Waals surface area contributed by atoms with E-state index in [1.165, 1.54) is 7.11 Å². The highest BCUT2D eigenvalue weighted by molar-refractivity contribution is 5.75.